The van der Waals surface area contributed by atoms with Crippen molar-refractivity contribution in [2.75, 3.05) is 12.3 Å². The molecule has 100 valence electrons. The minimum atomic E-state index is -4.07. The Kier molecular flexibility index (Phi) is 5.13. The van der Waals surface area contributed by atoms with E-state index < -0.39 is 21.8 Å². The quantitative estimate of drug-likeness (QED) is 0.806. The minimum Gasteiger partial charge on any atom is -0.351 e. The lowest BCUT2D eigenvalue weighted by Gasteiger charge is -2.08. The highest BCUT2D eigenvalue weighted by atomic mass is 35.5. The molecule has 7 heteroatoms. The second-order valence-corrected chi connectivity index (χ2v) is 5.62. The lowest BCUT2D eigenvalue weighted by molar-refractivity contribution is 0.0956. The van der Waals surface area contributed by atoms with Gasteiger partial charge in [-0.1, -0.05) is 30.7 Å². The molecular weight excluding hydrogens is 278 g/mol. The monoisotopic (exact) mass is 291 g/mol. The van der Waals surface area contributed by atoms with Gasteiger partial charge in [0.2, 0.25) is 0 Å². The summed E-state index contributed by atoms with van der Waals surface area (Å²) in [6.07, 6.45) is 0.699. The number of hydrogen-bond acceptors (Lipinski definition) is 3. The van der Waals surface area contributed by atoms with Gasteiger partial charge in [-0.05, 0) is 18.1 Å². The maximum Gasteiger partial charge on any atom is 0.266 e. The smallest absolute Gasteiger partial charge is 0.266 e. The average molecular weight is 292 g/mol. The predicted molar refractivity (Wildman–Crippen MR) is 69.6 cm³/mol. The third-order valence-corrected chi connectivity index (χ3v) is 3.52. The summed E-state index contributed by atoms with van der Waals surface area (Å²) >= 11 is 6.04. The maximum absolute atomic E-state index is 11.7. The molecular formula is C11H14ClNO4S. The zero-order chi connectivity index (χ0) is 13.8. The van der Waals surface area contributed by atoms with Crippen molar-refractivity contribution in [2.45, 2.75) is 13.3 Å². The van der Waals surface area contributed by atoms with Crippen molar-refractivity contribution in [3.63, 3.8) is 0 Å². The predicted octanol–water partition coefficient (Wildman–Crippen LogP) is 1.52. The fraction of sp³-hybridized carbons (Fsp3) is 0.364. The number of amides is 1. The van der Waals surface area contributed by atoms with Gasteiger partial charge in [0.15, 0.2) is 0 Å². The van der Waals surface area contributed by atoms with Crippen LogP contribution < -0.4 is 5.32 Å². The van der Waals surface area contributed by atoms with E-state index in [1.807, 2.05) is 13.0 Å². The molecule has 0 aromatic heterocycles. The number of aryl methyl sites for hydroxylation is 1. The largest absolute Gasteiger partial charge is 0.351 e. The molecule has 0 fully saturated rings. The molecule has 0 atom stereocenters. The van der Waals surface area contributed by atoms with Crippen LogP contribution in [-0.4, -0.2) is 31.2 Å². The van der Waals surface area contributed by atoms with Crippen LogP contribution >= 0.6 is 11.6 Å². The van der Waals surface area contributed by atoms with Crippen LogP contribution in [0.2, 0.25) is 5.02 Å². The van der Waals surface area contributed by atoms with E-state index in [4.69, 9.17) is 16.2 Å². The molecule has 0 aliphatic rings. The lowest BCUT2D eigenvalue weighted by atomic mass is 10.1. The summed E-state index contributed by atoms with van der Waals surface area (Å²) in [6, 6.07) is 5.09. The van der Waals surface area contributed by atoms with E-state index >= 15 is 0 Å². The number of benzene rings is 1. The van der Waals surface area contributed by atoms with Gasteiger partial charge in [-0.3, -0.25) is 9.35 Å². The van der Waals surface area contributed by atoms with Crippen LogP contribution in [-0.2, 0) is 16.5 Å². The summed E-state index contributed by atoms with van der Waals surface area (Å²) in [5.74, 6) is -0.983. The van der Waals surface area contributed by atoms with Crippen LogP contribution in [0.3, 0.4) is 0 Å². The topological polar surface area (TPSA) is 83.5 Å². The standard InChI is InChI=1S/C11H14ClNO4S/c1-2-8-4-3-5-9(10(8)12)11(14)13-6-7-18(15,16)17/h3-5H,2,6-7H2,1H3,(H,13,14)(H,15,16,17). The molecule has 0 radical (unpaired) electrons. The molecule has 0 aliphatic heterocycles. The molecule has 0 unspecified atom stereocenters. The van der Waals surface area contributed by atoms with Crippen molar-refractivity contribution < 1.29 is 17.8 Å². The fourth-order valence-corrected chi connectivity index (χ4v) is 2.12. The van der Waals surface area contributed by atoms with Gasteiger partial charge in [0.1, 0.15) is 0 Å². The van der Waals surface area contributed by atoms with Crippen molar-refractivity contribution in [2.24, 2.45) is 0 Å². The minimum absolute atomic E-state index is 0.162. The van der Waals surface area contributed by atoms with Gasteiger partial charge < -0.3 is 5.32 Å². The molecule has 0 bridgehead atoms. The molecule has 18 heavy (non-hydrogen) atoms. The Labute approximate surface area is 111 Å². The normalized spacial score (nSPS) is 11.3. The molecule has 1 amide bonds. The summed E-state index contributed by atoms with van der Waals surface area (Å²) in [4.78, 5) is 11.7. The molecule has 1 aromatic carbocycles. The zero-order valence-electron chi connectivity index (χ0n) is 9.81. The summed E-state index contributed by atoms with van der Waals surface area (Å²) in [7, 11) is -4.07. The van der Waals surface area contributed by atoms with Gasteiger partial charge in [-0.25, -0.2) is 0 Å². The highest BCUT2D eigenvalue weighted by molar-refractivity contribution is 7.85. The van der Waals surface area contributed by atoms with Gasteiger partial charge in [0.05, 0.1) is 16.3 Å². The Morgan fingerprint density at radius 2 is 2.11 bits per heavy atom. The first-order valence-electron chi connectivity index (χ1n) is 5.36. The summed E-state index contributed by atoms with van der Waals surface area (Å²) in [5, 5.41) is 2.75. The van der Waals surface area contributed by atoms with Crippen molar-refractivity contribution in [3.05, 3.63) is 34.3 Å². The molecule has 0 spiro atoms. The Bertz CT molecular complexity index is 542. The first kappa shape index (κ1) is 14.9. The van der Waals surface area contributed by atoms with E-state index in [1.54, 1.807) is 12.1 Å². The molecule has 0 heterocycles. The van der Waals surface area contributed by atoms with E-state index in [-0.39, 0.29) is 6.54 Å². The van der Waals surface area contributed by atoms with Gasteiger partial charge in [-0.2, -0.15) is 8.42 Å². The Morgan fingerprint density at radius 1 is 1.44 bits per heavy atom. The first-order chi connectivity index (χ1) is 8.35. The van der Waals surface area contributed by atoms with Crippen molar-refractivity contribution in [3.8, 4) is 0 Å². The molecule has 5 nitrogen and oxygen atoms in total. The molecule has 0 saturated carbocycles. The van der Waals surface area contributed by atoms with Gasteiger partial charge in [-0.15, -0.1) is 0 Å². The third-order valence-electron chi connectivity index (χ3n) is 2.35. The second-order valence-electron chi connectivity index (χ2n) is 3.67. The number of halogens is 1. The summed E-state index contributed by atoms with van der Waals surface area (Å²) in [5.41, 5.74) is 1.14. The van der Waals surface area contributed by atoms with Gasteiger partial charge in [0.25, 0.3) is 16.0 Å². The van der Waals surface area contributed by atoms with E-state index in [1.165, 1.54) is 0 Å². The lowest BCUT2D eigenvalue weighted by Crippen LogP contribution is -2.29. The number of nitrogens with one attached hydrogen (secondary N) is 1. The second kappa shape index (κ2) is 6.17. The average Bonchev–Trinajstić information content (AvgIpc) is 2.27. The molecule has 1 rings (SSSR count). The Balaban J connectivity index is 2.73. The van der Waals surface area contributed by atoms with Crippen molar-refractivity contribution in [1.29, 1.82) is 0 Å². The highest BCUT2D eigenvalue weighted by Gasteiger charge is 2.13. The SMILES string of the molecule is CCc1cccc(C(=O)NCCS(=O)(=O)O)c1Cl. The van der Waals surface area contributed by atoms with E-state index in [2.05, 4.69) is 5.32 Å². The van der Waals surface area contributed by atoms with Crippen LogP contribution in [0.25, 0.3) is 0 Å². The number of rotatable bonds is 5. The zero-order valence-corrected chi connectivity index (χ0v) is 11.4. The fourth-order valence-electron chi connectivity index (χ4n) is 1.42. The molecule has 0 saturated heterocycles. The van der Waals surface area contributed by atoms with E-state index in [0.717, 1.165) is 5.56 Å². The van der Waals surface area contributed by atoms with Crippen LogP contribution in [0.15, 0.2) is 18.2 Å². The van der Waals surface area contributed by atoms with Crippen molar-refractivity contribution >= 4 is 27.6 Å². The van der Waals surface area contributed by atoms with Crippen LogP contribution in [0.4, 0.5) is 0 Å². The molecule has 1 aromatic rings. The highest BCUT2D eigenvalue weighted by Crippen LogP contribution is 2.21. The van der Waals surface area contributed by atoms with Gasteiger partial charge in [0, 0.05) is 6.54 Å². The van der Waals surface area contributed by atoms with Gasteiger partial charge >= 0.3 is 0 Å². The van der Waals surface area contributed by atoms with E-state index in [0.29, 0.717) is 17.0 Å². The number of hydrogen-bond donors (Lipinski definition) is 2. The Hall–Kier alpha value is -1.11. The number of carbonyl (C=O) groups excluding carboxylic acids is 1. The third kappa shape index (κ3) is 4.29. The van der Waals surface area contributed by atoms with Crippen LogP contribution in [0.1, 0.15) is 22.8 Å². The molecule has 0 aliphatic carbocycles. The van der Waals surface area contributed by atoms with Crippen molar-refractivity contribution in [1.82, 2.24) is 5.32 Å². The maximum atomic E-state index is 11.7. The van der Waals surface area contributed by atoms with Crippen LogP contribution in [0.5, 0.6) is 0 Å². The Morgan fingerprint density at radius 3 is 2.67 bits per heavy atom. The first-order valence-corrected chi connectivity index (χ1v) is 7.34. The van der Waals surface area contributed by atoms with Crippen LogP contribution in [0, 0.1) is 0 Å². The summed E-state index contributed by atoms with van der Waals surface area (Å²) in [6.45, 7) is 1.76. The molecule has 2 N–H and O–H groups in total. The van der Waals surface area contributed by atoms with E-state index in [9.17, 15) is 13.2 Å². The summed E-state index contributed by atoms with van der Waals surface area (Å²) < 4.78 is 29.5. The number of carbonyl (C=O) groups is 1.